The molecule has 0 spiro atoms. The van der Waals surface area contributed by atoms with Gasteiger partial charge >= 0.3 is 6.18 Å². The first-order valence-electron chi connectivity index (χ1n) is 7.76. The molecule has 0 aliphatic carbocycles. The van der Waals surface area contributed by atoms with Crippen LogP contribution in [0.4, 0.5) is 13.2 Å². The Morgan fingerprint density at radius 3 is 2.42 bits per heavy atom. The van der Waals surface area contributed by atoms with Gasteiger partial charge in [0.2, 0.25) is 0 Å². The Morgan fingerprint density at radius 1 is 1.04 bits per heavy atom. The van der Waals surface area contributed by atoms with Crippen LogP contribution in [0.15, 0.2) is 59.5 Å². The Balaban J connectivity index is 1.93. The van der Waals surface area contributed by atoms with E-state index in [0.717, 1.165) is 18.2 Å². The van der Waals surface area contributed by atoms with Crippen molar-refractivity contribution in [3.05, 3.63) is 65.7 Å². The van der Waals surface area contributed by atoms with Crippen LogP contribution in [0.25, 0.3) is 0 Å². The number of nitrogens with one attached hydrogen (secondary N) is 1. The fraction of sp³-hybridized carbons (Fsp3) is 0.333. The number of hydrogen-bond donors (Lipinski definition) is 1. The van der Waals surface area contributed by atoms with Gasteiger partial charge in [0.1, 0.15) is 0 Å². The zero-order valence-corrected chi connectivity index (χ0v) is 13.7. The highest BCUT2D eigenvalue weighted by molar-refractivity contribution is 7.99. The minimum absolute atomic E-state index is 0.174. The van der Waals surface area contributed by atoms with E-state index in [1.165, 1.54) is 23.9 Å². The van der Waals surface area contributed by atoms with Gasteiger partial charge in [-0.3, -0.25) is 0 Å². The fourth-order valence-electron chi connectivity index (χ4n) is 2.72. The number of hydrogen-bond acceptors (Lipinski definition) is 3. The van der Waals surface area contributed by atoms with E-state index in [1.54, 1.807) is 6.07 Å². The van der Waals surface area contributed by atoms with Crippen molar-refractivity contribution in [3.63, 3.8) is 0 Å². The van der Waals surface area contributed by atoms with Crippen LogP contribution in [-0.4, -0.2) is 25.8 Å². The SMILES string of the molecule is FC(F)(F)c1ccccc1S[C@@H](c1ccccc1)C1CNCCO1. The molecule has 0 bridgehead atoms. The maximum Gasteiger partial charge on any atom is 0.417 e. The third kappa shape index (κ3) is 4.12. The first kappa shape index (κ1) is 17.3. The molecule has 1 aliphatic rings. The summed E-state index contributed by atoms with van der Waals surface area (Å²) < 4.78 is 45.7. The molecule has 3 rings (SSSR count). The van der Waals surface area contributed by atoms with Crippen molar-refractivity contribution in [1.29, 1.82) is 0 Å². The van der Waals surface area contributed by atoms with Crippen molar-refractivity contribution in [2.45, 2.75) is 22.4 Å². The fourth-order valence-corrected chi connectivity index (χ4v) is 4.08. The zero-order chi connectivity index (χ0) is 17.0. The van der Waals surface area contributed by atoms with Crippen molar-refractivity contribution in [1.82, 2.24) is 5.32 Å². The van der Waals surface area contributed by atoms with Crippen LogP contribution in [0.5, 0.6) is 0 Å². The van der Waals surface area contributed by atoms with Crippen molar-refractivity contribution in [2.24, 2.45) is 0 Å². The van der Waals surface area contributed by atoms with Crippen molar-refractivity contribution >= 4 is 11.8 Å². The van der Waals surface area contributed by atoms with Gasteiger partial charge in [0.15, 0.2) is 0 Å². The molecular weight excluding hydrogens is 335 g/mol. The lowest BCUT2D eigenvalue weighted by Crippen LogP contribution is -2.41. The lowest BCUT2D eigenvalue weighted by molar-refractivity contribution is -0.139. The average molecular weight is 353 g/mol. The molecule has 128 valence electrons. The molecule has 6 heteroatoms. The largest absolute Gasteiger partial charge is 0.417 e. The monoisotopic (exact) mass is 353 g/mol. The van der Waals surface area contributed by atoms with Crippen LogP contribution >= 0.6 is 11.8 Å². The van der Waals surface area contributed by atoms with Gasteiger partial charge in [-0.05, 0) is 17.7 Å². The second kappa shape index (κ2) is 7.59. The zero-order valence-electron chi connectivity index (χ0n) is 12.9. The highest BCUT2D eigenvalue weighted by atomic mass is 32.2. The van der Waals surface area contributed by atoms with Crippen molar-refractivity contribution < 1.29 is 17.9 Å². The van der Waals surface area contributed by atoms with Crippen LogP contribution in [-0.2, 0) is 10.9 Å². The van der Waals surface area contributed by atoms with Gasteiger partial charge < -0.3 is 10.1 Å². The Bertz CT molecular complexity index is 657. The predicted octanol–water partition coefficient (Wildman–Crippen LogP) is 4.53. The Morgan fingerprint density at radius 2 is 1.75 bits per heavy atom. The van der Waals surface area contributed by atoms with E-state index in [2.05, 4.69) is 5.32 Å². The minimum Gasteiger partial charge on any atom is -0.374 e. The quantitative estimate of drug-likeness (QED) is 0.816. The summed E-state index contributed by atoms with van der Waals surface area (Å²) in [4.78, 5) is 0.230. The Hall–Kier alpha value is -1.50. The lowest BCUT2D eigenvalue weighted by atomic mass is 10.1. The molecule has 0 amide bonds. The summed E-state index contributed by atoms with van der Waals surface area (Å²) in [6.07, 6.45) is -4.54. The summed E-state index contributed by atoms with van der Waals surface area (Å²) in [6, 6.07) is 15.3. The molecule has 1 saturated heterocycles. The molecule has 1 heterocycles. The molecule has 2 aromatic carbocycles. The van der Waals surface area contributed by atoms with Gasteiger partial charge in [-0.2, -0.15) is 13.2 Å². The van der Waals surface area contributed by atoms with E-state index in [4.69, 9.17) is 4.74 Å². The summed E-state index contributed by atoms with van der Waals surface area (Å²) in [5.74, 6) is 0. The molecule has 0 radical (unpaired) electrons. The first-order chi connectivity index (χ1) is 11.6. The van der Waals surface area contributed by atoms with E-state index < -0.39 is 11.7 Å². The number of morpholine rings is 1. The number of alkyl halides is 3. The molecule has 2 nitrogen and oxygen atoms in total. The van der Waals surface area contributed by atoms with Gasteiger partial charge in [-0.25, -0.2) is 0 Å². The molecule has 1 unspecified atom stereocenters. The van der Waals surface area contributed by atoms with Crippen LogP contribution < -0.4 is 5.32 Å². The second-order valence-electron chi connectivity index (χ2n) is 5.56. The average Bonchev–Trinajstić information content (AvgIpc) is 2.61. The summed E-state index contributed by atoms with van der Waals surface area (Å²) in [6.45, 7) is 1.96. The van der Waals surface area contributed by atoms with E-state index in [0.29, 0.717) is 13.2 Å². The molecular formula is C18H18F3NOS. The van der Waals surface area contributed by atoms with Gasteiger partial charge in [0, 0.05) is 18.0 Å². The summed E-state index contributed by atoms with van der Waals surface area (Å²) in [5.41, 5.74) is 0.368. The van der Waals surface area contributed by atoms with E-state index in [1.807, 2.05) is 30.3 Å². The summed E-state index contributed by atoms with van der Waals surface area (Å²) >= 11 is 1.22. The molecule has 0 saturated carbocycles. The molecule has 1 N–H and O–H groups in total. The number of rotatable bonds is 4. The maximum absolute atomic E-state index is 13.3. The Kier molecular flexibility index (Phi) is 5.48. The third-order valence-corrected chi connectivity index (χ3v) is 5.31. The van der Waals surface area contributed by atoms with Crippen molar-refractivity contribution in [3.8, 4) is 0 Å². The molecule has 2 aromatic rings. The van der Waals surface area contributed by atoms with Crippen LogP contribution in [0.1, 0.15) is 16.4 Å². The normalized spacial score (nSPS) is 19.9. The predicted molar refractivity (Wildman–Crippen MR) is 89.1 cm³/mol. The van der Waals surface area contributed by atoms with E-state index in [9.17, 15) is 13.2 Å². The van der Waals surface area contributed by atoms with Gasteiger partial charge in [0.05, 0.1) is 23.5 Å². The summed E-state index contributed by atoms with van der Waals surface area (Å²) in [7, 11) is 0. The van der Waals surface area contributed by atoms with Gasteiger partial charge in [-0.15, -0.1) is 11.8 Å². The third-order valence-electron chi connectivity index (χ3n) is 3.87. The number of halogens is 3. The molecule has 24 heavy (non-hydrogen) atoms. The standard InChI is InChI=1S/C18H18F3NOS/c19-18(20,21)14-8-4-5-9-16(14)24-17(13-6-2-1-3-7-13)15-12-22-10-11-23-15/h1-9,15,17,22H,10-12H2/t15?,17-/m0/s1. The highest BCUT2D eigenvalue weighted by Gasteiger charge is 2.35. The van der Waals surface area contributed by atoms with Crippen LogP contribution in [0.3, 0.4) is 0 Å². The topological polar surface area (TPSA) is 21.3 Å². The number of ether oxygens (including phenoxy) is 1. The van der Waals surface area contributed by atoms with Crippen LogP contribution in [0, 0.1) is 0 Å². The van der Waals surface area contributed by atoms with E-state index >= 15 is 0 Å². The molecule has 1 aliphatic heterocycles. The van der Waals surface area contributed by atoms with Crippen LogP contribution in [0.2, 0.25) is 0 Å². The summed E-state index contributed by atoms with van der Waals surface area (Å²) in [5, 5.41) is 3.05. The minimum atomic E-state index is -4.36. The number of thioether (sulfide) groups is 1. The second-order valence-corrected chi connectivity index (χ2v) is 6.74. The maximum atomic E-state index is 13.3. The first-order valence-corrected chi connectivity index (χ1v) is 8.64. The van der Waals surface area contributed by atoms with Gasteiger partial charge in [-0.1, -0.05) is 42.5 Å². The van der Waals surface area contributed by atoms with E-state index in [-0.39, 0.29) is 16.2 Å². The lowest BCUT2D eigenvalue weighted by Gasteiger charge is -2.31. The molecule has 1 fully saturated rings. The number of benzene rings is 2. The van der Waals surface area contributed by atoms with Crippen molar-refractivity contribution in [2.75, 3.05) is 19.7 Å². The smallest absolute Gasteiger partial charge is 0.374 e. The Labute approximate surface area is 143 Å². The molecule has 2 atom stereocenters. The molecule has 0 aromatic heterocycles. The van der Waals surface area contributed by atoms with Gasteiger partial charge in [0.25, 0.3) is 0 Å². The highest BCUT2D eigenvalue weighted by Crippen LogP contribution is 2.44.